The average Bonchev–Trinajstić information content (AvgIpc) is 2.82. The minimum absolute atomic E-state index is 0.0208. The van der Waals surface area contributed by atoms with Crippen LogP contribution in [0.3, 0.4) is 0 Å². The van der Waals surface area contributed by atoms with Gasteiger partial charge in [0.05, 0.1) is 0 Å². The third-order valence-corrected chi connectivity index (χ3v) is 4.26. The lowest BCUT2D eigenvalue weighted by Crippen LogP contribution is -2.61. The standard InChI is InChI=1S/C17H27NO5/c1-15(2,3)22-13(20)17(18,14(21)23-16(4,5)6)12-10-7-9(19)8-11(10)12/h10-12H,7-8,18H2,1-6H3. The molecule has 6 nitrogen and oxygen atoms in total. The van der Waals surface area contributed by atoms with Crippen molar-refractivity contribution in [3.63, 3.8) is 0 Å². The molecule has 2 fully saturated rings. The molecule has 2 saturated carbocycles. The van der Waals surface area contributed by atoms with Gasteiger partial charge in [-0.15, -0.1) is 0 Å². The normalized spacial score (nSPS) is 27.4. The van der Waals surface area contributed by atoms with Crippen LogP contribution in [0.1, 0.15) is 54.4 Å². The van der Waals surface area contributed by atoms with Crippen LogP contribution in [0.5, 0.6) is 0 Å². The number of hydrogen-bond donors (Lipinski definition) is 1. The minimum atomic E-state index is -1.85. The molecule has 2 unspecified atom stereocenters. The van der Waals surface area contributed by atoms with Crippen LogP contribution in [0.25, 0.3) is 0 Å². The number of esters is 2. The number of hydrogen-bond acceptors (Lipinski definition) is 6. The van der Waals surface area contributed by atoms with Gasteiger partial charge in [-0.2, -0.15) is 0 Å². The van der Waals surface area contributed by atoms with E-state index in [2.05, 4.69) is 0 Å². The lowest BCUT2D eigenvalue weighted by molar-refractivity contribution is -0.179. The van der Waals surface area contributed by atoms with Crippen LogP contribution in [0.2, 0.25) is 0 Å². The smallest absolute Gasteiger partial charge is 0.338 e. The Hall–Kier alpha value is -1.43. The molecule has 2 aliphatic rings. The molecule has 6 heteroatoms. The van der Waals surface area contributed by atoms with E-state index in [0.29, 0.717) is 12.8 Å². The Balaban J connectivity index is 2.27. The molecule has 2 atom stereocenters. The quantitative estimate of drug-likeness (QED) is 0.625. The Morgan fingerprint density at radius 2 is 1.26 bits per heavy atom. The van der Waals surface area contributed by atoms with Gasteiger partial charge in [-0.05, 0) is 53.4 Å². The highest BCUT2D eigenvalue weighted by Crippen LogP contribution is 2.60. The largest absolute Gasteiger partial charge is 0.458 e. The number of carbonyl (C=O) groups is 3. The van der Waals surface area contributed by atoms with Crippen molar-refractivity contribution in [2.75, 3.05) is 0 Å². The van der Waals surface area contributed by atoms with E-state index >= 15 is 0 Å². The van der Waals surface area contributed by atoms with Gasteiger partial charge in [0, 0.05) is 18.8 Å². The zero-order valence-electron chi connectivity index (χ0n) is 14.8. The molecule has 2 rings (SSSR count). The van der Waals surface area contributed by atoms with E-state index < -0.39 is 28.7 Å². The van der Waals surface area contributed by atoms with Crippen molar-refractivity contribution in [1.29, 1.82) is 0 Å². The van der Waals surface area contributed by atoms with Gasteiger partial charge >= 0.3 is 11.9 Å². The second-order valence-corrected chi connectivity index (χ2v) is 8.67. The second-order valence-electron chi connectivity index (χ2n) is 8.67. The summed E-state index contributed by atoms with van der Waals surface area (Å²) in [6.45, 7) is 10.3. The number of ether oxygens (including phenoxy) is 2. The molecule has 0 saturated heterocycles. The molecule has 0 aromatic rings. The summed E-state index contributed by atoms with van der Waals surface area (Å²) < 4.78 is 10.8. The first-order valence-electron chi connectivity index (χ1n) is 8.03. The SMILES string of the molecule is CC(C)(C)OC(=O)C(N)(C(=O)OC(C)(C)C)C1C2CC(=O)CC21. The zero-order chi connectivity index (χ0) is 17.8. The summed E-state index contributed by atoms with van der Waals surface area (Å²) in [6.07, 6.45) is 0.750. The van der Waals surface area contributed by atoms with Crippen LogP contribution in [0, 0.1) is 17.8 Å². The van der Waals surface area contributed by atoms with Crippen molar-refractivity contribution in [1.82, 2.24) is 0 Å². The highest BCUT2D eigenvalue weighted by atomic mass is 16.6. The minimum Gasteiger partial charge on any atom is -0.458 e. The maximum Gasteiger partial charge on any atom is 0.338 e. The van der Waals surface area contributed by atoms with Crippen molar-refractivity contribution in [2.24, 2.45) is 23.5 Å². The molecule has 130 valence electrons. The first kappa shape index (κ1) is 17.9. The third-order valence-electron chi connectivity index (χ3n) is 4.26. The zero-order valence-corrected chi connectivity index (χ0v) is 14.8. The highest BCUT2D eigenvalue weighted by Gasteiger charge is 2.70. The molecular weight excluding hydrogens is 298 g/mol. The molecule has 0 aromatic heterocycles. The second kappa shape index (κ2) is 5.30. The molecule has 2 N–H and O–H groups in total. The molecule has 0 spiro atoms. The summed E-state index contributed by atoms with van der Waals surface area (Å²) >= 11 is 0. The fourth-order valence-electron chi connectivity index (χ4n) is 3.37. The summed E-state index contributed by atoms with van der Waals surface area (Å²) in [5.41, 5.74) is 2.91. The maximum absolute atomic E-state index is 12.7. The van der Waals surface area contributed by atoms with Gasteiger partial charge < -0.3 is 15.2 Å². The van der Waals surface area contributed by atoms with Crippen LogP contribution in [-0.4, -0.2) is 34.5 Å². The number of rotatable bonds is 3. The summed E-state index contributed by atoms with van der Waals surface area (Å²) in [6, 6.07) is 0. The Kier molecular flexibility index (Phi) is 4.13. The summed E-state index contributed by atoms with van der Waals surface area (Å²) in [5.74, 6) is -1.81. The van der Waals surface area contributed by atoms with Crippen LogP contribution in [0.4, 0.5) is 0 Å². The molecule has 23 heavy (non-hydrogen) atoms. The Morgan fingerprint density at radius 1 is 0.913 bits per heavy atom. The molecule has 0 aromatic carbocycles. The van der Waals surface area contributed by atoms with Crippen LogP contribution in [-0.2, 0) is 23.9 Å². The van der Waals surface area contributed by atoms with E-state index in [1.54, 1.807) is 41.5 Å². The Bertz CT molecular complexity index is 498. The van der Waals surface area contributed by atoms with Gasteiger partial charge in [0.2, 0.25) is 5.54 Å². The Labute approximate surface area is 137 Å². The van der Waals surface area contributed by atoms with Gasteiger partial charge in [-0.25, -0.2) is 9.59 Å². The van der Waals surface area contributed by atoms with Crippen molar-refractivity contribution >= 4 is 17.7 Å². The summed E-state index contributed by atoms with van der Waals surface area (Å²) in [4.78, 5) is 36.8. The number of carbonyl (C=O) groups excluding carboxylic acids is 3. The topological polar surface area (TPSA) is 95.7 Å². The first-order valence-corrected chi connectivity index (χ1v) is 8.03. The lowest BCUT2D eigenvalue weighted by atomic mass is 9.88. The number of nitrogens with two attached hydrogens (primary N) is 1. The number of Topliss-reactive ketones (excluding diaryl/α,β-unsaturated/α-hetero) is 1. The molecule has 0 heterocycles. The predicted octanol–water partition coefficient (Wildman–Crippen LogP) is 1.59. The fraction of sp³-hybridized carbons (Fsp3) is 0.824. The predicted molar refractivity (Wildman–Crippen MR) is 83.3 cm³/mol. The summed E-state index contributed by atoms with van der Waals surface area (Å²) in [5, 5.41) is 0. The first-order chi connectivity index (χ1) is 10.3. The van der Waals surface area contributed by atoms with Gasteiger partial charge in [0.25, 0.3) is 0 Å². The van der Waals surface area contributed by atoms with Gasteiger partial charge in [-0.3, -0.25) is 4.79 Å². The molecule has 2 aliphatic carbocycles. The highest BCUT2D eigenvalue weighted by molar-refractivity contribution is 6.06. The van der Waals surface area contributed by atoms with E-state index in [-0.39, 0.29) is 23.5 Å². The van der Waals surface area contributed by atoms with Crippen LogP contribution in [0.15, 0.2) is 0 Å². The van der Waals surface area contributed by atoms with E-state index in [1.807, 2.05) is 0 Å². The lowest BCUT2D eigenvalue weighted by Gasteiger charge is -2.33. The monoisotopic (exact) mass is 325 g/mol. The summed E-state index contributed by atoms with van der Waals surface area (Å²) in [7, 11) is 0. The van der Waals surface area contributed by atoms with Gasteiger partial charge in [0.15, 0.2) is 0 Å². The number of ketones is 1. The van der Waals surface area contributed by atoms with Crippen LogP contribution < -0.4 is 5.73 Å². The van der Waals surface area contributed by atoms with Crippen molar-refractivity contribution in [3.8, 4) is 0 Å². The van der Waals surface area contributed by atoms with Gasteiger partial charge in [-0.1, -0.05) is 0 Å². The van der Waals surface area contributed by atoms with Crippen molar-refractivity contribution in [3.05, 3.63) is 0 Å². The molecule has 0 aliphatic heterocycles. The van der Waals surface area contributed by atoms with E-state index in [9.17, 15) is 14.4 Å². The van der Waals surface area contributed by atoms with E-state index in [0.717, 1.165) is 0 Å². The Morgan fingerprint density at radius 3 is 1.57 bits per heavy atom. The average molecular weight is 325 g/mol. The molecule has 0 radical (unpaired) electrons. The molecule has 0 bridgehead atoms. The van der Waals surface area contributed by atoms with E-state index in [4.69, 9.17) is 15.2 Å². The van der Waals surface area contributed by atoms with E-state index in [1.165, 1.54) is 0 Å². The van der Waals surface area contributed by atoms with Crippen molar-refractivity contribution in [2.45, 2.75) is 71.1 Å². The van der Waals surface area contributed by atoms with Gasteiger partial charge in [0.1, 0.15) is 17.0 Å². The van der Waals surface area contributed by atoms with Crippen molar-refractivity contribution < 1.29 is 23.9 Å². The number of fused-ring (bicyclic) bond motifs is 1. The molecular formula is C17H27NO5. The fourth-order valence-corrected chi connectivity index (χ4v) is 3.37. The molecule has 0 amide bonds. The third kappa shape index (κ3) is 3.57. The maximum atomic E-state index is 12.7. The van der Waals surface area contributed by atoms with Crippen LogP contribution >= 0.6 is 0 Å².